The van der Waals surface area contributed by atoms with Crippen LogP contribution < -0.4 is 5.73 Å². The number of nitrogens with two attached hydrogens (primary N) is 1. The Kier molecular flexibility index (Phi) is 4.08. The van der Waals surface area contributed by atoms with Crippen LogP contribution in [-0.2, 0) is 4.79 Å². The van der Waals surface area contributed by atoms with E-state index in [0.29, 0.717) is 11.8 Å². The van der Waals surface area contributed by atoms with Gasteiger partial charge in [0.15, 0.2) is 0 Å². The Morgan fingerprint density at radius 1 is 1.29 bits per heavy atom. The number of carbonyl (C=O) groups is 1. The minimum absolute atomic E-state index is 0.250. The van der Waals surface area contributed by atoms with Crippen LogP contribution in [0.5, 0.6) is 0 Å². The van der Waals surface area contributed by atoms with Crippen molar-refractivity contribution in [3.05, 3.63) is 0 Å². The molecule has 3 nitrogen and oxygen atoms in total. The summed E-state index contributed by atoms with van der Waals surface area (Å²) < 4.78 is 0. The molecule has 98 valence electrons. The minimum atomic E-state index is 0.250. The summed E-state index contributed by atoms with van der Waals surface area (Å²) in [6.07, 6.45) is 9.57. The summed E-state index contributed by atoms with van der Waals surface area (Å²) in [4.78, 5) is 14.1. The maximum absolute atomic E-state index is 12.1. The Morgan fingerprint density at radius 2 is 1.94 bits per heavy atom. The fraction of sp³-hybridized carbons (Fsp3) is 0.929. The number of amides is 1. The molecule has 1 amide bonds. The van der Waals surface area contributed by atoms with E-state index in [4.69, 9.17) is 5.73 Å². The third-order valence-corrected chi connectivity index (χ3v) is 4.78. The number of hydrogen-bond acceptors (Lipinski definition) is 2. The second-order valence-corrected chi connectivity index (χ2v) is 6.16. The van der Waals surface area contributed by atoms with Gasteiger partial charge >= 0.3 is 0 Å². The van der Waals surface area contributed by atoms with E-state index in [1.165, 1.54) is 44.9 Å². The first-order valence-corrected chi connectivity index (χ1v) is 7.09. The summed E-state index contributed by atoms with van der Waals surface area (Å²) in [5.74, 6) is 0.983. The molecular formula is C14H26N2O. The molecule has 2 saturated carbocycles. The van der Waals surface area contributed by atoms with E-state index in [1.807, 2.05) is 11.9 Å². The number of hydrogen-bond donors (Lipinski definition) is 1. The van der Waals surface area contributed by atoms with Crippen LogP contribution in [0.2, 0.25) is 0 Å². The molecule has 3 heteroatoms. The summed E-state index contributed by atoms with van der Waals surface area (Å²) >= 11 is 0. The van der Waals surface area contributed by atoms with Gasteiger partial charge in [0, 0.05) is 25.4 Å². The smallest absolute Gasteiger partial charge is 0.222 e. The summed E-state index contributed by atoms with van der Waals surface area (Å²) in [6.45, 7) is 1.60. The Bertz CT molecular complexity index is 262. The monoisotopic (exact) mass is 238 g/mol. The molecule has 0 heterocycles. The van der Waals surface area contributed by atoms with Crippen LogP contribution in [0.15, 0.2) is 0 Å². The lowest BCUT2D eigenvalue weighted by Crippen LogP contribution is -2.47. The molecule has 0 bridgehead atoms. The molecule has 2 fully saturated rings. The van der Waals surface area contributed by atoms with E-state index < -0.39 is 0 Å². The first kappa shape index (κ1) is 12.9. The van der Waals surface area contributed by atoms with Crippen LogP contribution in [0.25, 0.3) is 0 Å². The number of nitrogens with zero attached hydrogens (tertiary/aromatic N) is 1. The van der Waals surface area contributed by atoms with E-state index in [1.54, 1.807) is 0 Å². The zero-order valence-electron chi connectivity index (χ0n) is 11.1. The lowest BCUT2D eigenvalue weighted by molar-refractivity contribution is -0.133. The fourth-order valence-corrected chi connectivity index (χ4v) is 3.31. The molecule has 0 aromatic heterocycles. The lowest BCUT2D eigenvalue weighted by Gasteiger charge is -2.43. The highest BCUT2D eigenvalue weighted by atomic mass is 16.2. The molecule has 0 atom stereocenters. The van der Waals surface area contributed by atoms with Crippen molar-refractivity contribution in [3.8, 4) is 0 Å². The van der Waals surface area contributed by atoms with Crippen molar-refractivity contribution >= 4 is 5.91 Å². The van der Waals surface area contributed by atoms with Crippen LogP contribution in [0, 0.1) is 11.3 Å². The first-order valence-electron chi connectivity index (χ1n) is 7.09. The zero-order chi connectivity index (χ0) is 12.3. The van der Waals surface area contributed by atoms with Crippen molar-refractivity contribution in [2.45, 2.75) is 51.4 Å². The summed E-state index contributed by atoms with van der Waals surface area (Å²) in [6, 6.07) is 0. The Balaban J connectivity index is 1.78. The second kappa shape index (κ2) is 5.38. The number of carbonyl (C=O) groups excluding carboxylic acids is 1. The molecule has 0 aromatic carbocycles. The Hall–Kier alpha value is -0.570. The van der Waals surface area contributed by atoms with Crippen molar-refractivity contribution in [3.63, 3.8) is 0 Å². The predicted octanol–water partition coefficient (Wildman–Crippen LogP) is 2.15. The van der Waals surface area contributed by atoms with E-state index >= 15 is 0 Å². The van der Waals surface area contributed by atoms with E-state index in [9.17, 15) is 4.79 Å². The molecule has 2 N–H and O–H groups in total. The van der Waals surface area contributed by atoms with Gasteiger partial charge in [-0.15, -0.1) is 0 Å². The first-order chi connectivity index (χ1) is 8.15. The lowest BCUT2D eigenvalue weighted by atomic mass is 9.68. The molecule has 2 aliphatic carbocycles. The van der Waals surface area contributed by atoms with Gasteiger partial charge in [-0.3, -0.25) is 4.79 Å². The molecular weight excluding hydrogens is 212 g/mol. The highest BCUT2D eigenvalue weighted by Gasteiger charge is 2.37. The summed E-state index contributed by atoms with van der Waals surface area (Å²) in [5, 5.41) is 0. The Labute approximate surface area is 105 Å². The van der Waals surface area contributed by atoms with Crippen LogP contribution in [-0.4, -0.2) is 30.9 Å². The van der Waals surface area contributed by atoms with Crippen molar-refractivity contribution in [2.75, 3.05) is 20.1 Å². The van der Waals surface area contributed by atoms with Gasteiger partial charge in [0.2, 0.25) is 5.91 Å². The molecule has 2 rings (SSSR count). The molecule has 0 aromatic rings. The van der Waals surface area contributed by atoms with E-state index in [0.717, 1.165) is 19.5 Å². The van der Waals surface area contributed by atoms with Crippen molar-refractivity contribution < 1.29 is 4.79 Å². The summed E-state index contributed by atoms with van der Waals surface area (Å²) in [5.41, 5.74) is 6.09. The topological polar surface area (TPSA) is 46.3 Å². The van der Waals surface area contributed by atoms with Crippen molar-refractivity contribution in [1.82, 2.24) is 4.90 Å². The minimum Gasteiger partial charge on any atom is -0.345 e. The standard InChI is InChI=1S/C14H26N2O/c1-16(11-14(10-15)7-4-8-14)13(17)9-12-5-2-3-6-12/h12H,2-11,15H2,1H3. The molecule has 0 spiro atoms. The molecule has 17 heavy (non-hydrogen) atoms. The van der Waals surface area contributed by atoms with Gasteiger partial charge in [0.1, 0.15) is 0 Å². The Morgan fingerprint density at radius 3 is 2.41 bits per heavy atom. The third-order valence-electron chi connectivity index (χ3n) is 4.78. The van der Waals surface area contributed by atoms with Gasteiger partial charge in [-0.05, 0) is 38.1 Å². The third kappa shape index (κ3) is 3.01. The van der Waals surface area contributed by atoms with Crippen LogP contribution in [0.1, 0.15) is 51.4 Å². The fourth-order valence-electron chi connectivity index (χ4n) is 3.31. The van der Waals surface area contributed by atoms with Crippen LogP contribution >= 0.6 is 0 Å². The SMILES string of the molecule is CN(CC1(CN)CCC1)C(=O)CC1CCCC1. The molecule has 0 saturated heterocycles. The van der Waals surface area contributed by atoms with Gasteiger partial charge in [0.05, 0.1) is 0 Å². The van der Waals surface area contributed by atoms with E-state index in [2.05, 4.69) is 0 Å². The maximum atomic E-state index is 12.1. The second-order valence-electron chi connectivity index (χ2n) is 6.16. The van der Waals surface area contributed by atoms with Gasteiger partial charge in [0.25, 0.3) is 0 Å². The summed E-state index contributed by atoms with van der Waals surface area (Å²) in [7, 11) is 1.95. The average Bonchev–Trinajstić information content (AvgIpc) is 2.75. The normalized spacial score (nSPS) is 23.4. The number of rotatable bonds is 5. The quantitative estimate of drug-likeness (QED) is 0.797. The highest BCUT2D eigenvalue weighted by Crippen LogP contribution is 2.40. The maximum Gasteiger partial charge on any atom is 0.222 e. The zero-order valence-corrected chi connectivity index (χ0v) is 11.1. The van der Waals surface area contributed by atoms with Gasteiger partial charge in [-0.1, -0.05) is 19.3 Å². The predicted molar refractivity (Wildman–Crippen MR) is 69.6 cm³/mol. The van der Waals surface area contributed by atoms with E-state index in [-0.39, 0.29) is 5.41 Å². The highest BCUT2D eigenvalue weighted by molar-refractivity contribution is 5.76. The van der Waals surface area contributed by atoms with Gasteiger partial charge in [-0.25, -0.2) is 0 Å². The largest absolute Gasteiger partial charge is 0.345 e. The van der Waals surface area contributed by atoms with Gasteiger partial charge in [-0.2, -0.15) is 0 Å². The average molecular weight is 238 g/mol. The molecule has 2 aliphatic rings. The van der Waals surface area contributed by atoms with Crippen molar-refractivity contribution in [1.29, 1.82) is 0 Å². The molecule has 0 aliphatic heterocycles. The van der Waals surface area contributed by atoms with Crippen LogP contribution in [0.4, 0.5) is 0 Å². The molecule has 0 unspecified atom stereocenters. The van der Waals surface area contributed by atoms with Crippen molar-refractivity contribution in [2.24, 2.45) is 17.1 Å². The van der Waals surface area contributed by atoms with Crippen LogP contribution in [0.3, 0.4) is 0 Å². The molecule has 0 radical (unpaired) electrons. The van der Waals surface area contributed by atoms with Gasteiger partial charge < -0.3 is 10.6 Å².